The van der Waals surface area contributed by atoms with Crippen LogP contribution < -0.4 is 10.5 Å². The molecule has 0 saturated carbocycles. The quantitative estimate of drug-likeness (QED) is 0.748. The smallest absolute Gasteiger partial charge is 0.339 e. The molecule has 1 rings (SSSR count). The molecule has 0 saturated heterocycles. The minimum absolute atomic E-state index is 0.0672. The first-order valence-electron chi connectivity index (χ1n) is 4.68. The normalized spacial score (nSPS) is 10.0. The van der Waals surface area contributed by atoms with Crippen molar-refractivity contribution in [1.82, 2.24) is 10.2 Å². The highest BCUT2D eigenvalue weighted by atomic mass is 16.4. The molecule has 0 aliphatic heterocycles. The van der Waals surface area contributed by atoms with E-state index in [2.05, 4.69) is 10.2 Å². The van der Waals surface area contributed by atoms with Gasteiger partial charge in [0.25, 0.3) is 5.56 Å². The summed E-state index contributed by atoms with van der Waals surface area (Å²) in [4.78, 5) is 23.6. The average Bonchev–Trinajstić information content (AvgIpc) is 2.21. The lowest BCUT2D eigenvalue weighted by atomic mass is 10.2. The Balaban J connectivity index is 3.27. The minimum atomic E-state index is -1.14. The third-order valence-corrected chi connectivity index (χ3v) is 2.08. The number of aromatic amines is 1. The van der Waals surface area contributed by atoms with Crippen molar-refractivity contribution in [2.75, 3.05) is 18.0 Å². The van der Waals surface area contributed by atoms with E-state index in [0.29, 0.717) is 18.9 Å². The van der Waals surface area contributed by atoms with Crippen LogP contribution in [0.15, 0.2) is 10.9 Å². The Kier molecular flexibility index (Phi) is 3.43. The van der Waals surface area contributed by atoms with Gasteiger partial charge in [-0.3, -0.25) is 4.79 Å². The van der Waals surface area contributed by atoms with Crippen molar-refractivity contribution in [3.8, 4) is 0 Å². The van der Waals surface area contributed by atoms with Crippen molar-refractivity contribution in [3.05, 3.63) is 22.0 Å². The maximum absolute atomic E-state index is 10.9. The average molecular weight is 211 g/mol. The van der Waals surface area contributed by atoms with Crippen LogP contribution in [0.2, 0.25) is 0 Å². The number of nitrogens with zero attached hydrogens (tertiary/aromatic N) is 2. The molecule has 6 heteroatoms. The zero-order valence-electron chi connectivity index (χ0n) is 8.65. The van der Waals surface area contributed by atoms with E-state index in [-0.39, 0.29) is 5.56 Å². The molecule has 0 unspecified atom stereocenters. The molecule has 0 atom stereocenters. The summed E-state index contributed by atoms with van der Waals surface area (Å²) in [6.07, 6.45) is 0. The predicted molar refractivity (Wildman–Crippen MR) is 55.4 cm³/mol. The van der Waals surface area contributed by atoms with Gasteiger partial charge in [0.1, 0.15) is 5.56 Å². The van der Waals surface area contributed by atoms with Gasteiger partial charge in [-0.15, -0.1) is 0 Å². The van der Waals surface area contributed by atoms with Crippen LogP contribution in [0.3, 0.4) is 0 Å². The number of H-pyrrole nitrogens is 1. The Morgan fingerprint density at radius 2 is 2.13 bits per heavy atom. The number of anilines is 1. The Labute approximate surface area is 86.5 Å². The Morgan fingerprint density at radius 1 is 1.53 bits per heavy atom. The van der Waals surface area contributed by atoms with Crippen LogP contribution >= 0.6 is 0 Å². The number of rotatable bonds is 4. The van der Waals surface area contributed by atoms with Gasteiger partial charge in [0.2, 0.25) is 0 Å². The van der Waals surface area contributed by atoms with Crippen LogP contribution in [0.4, 0.5) is 5.82 Å². The highest BCUT2D eigenvalue weighted by molar-refractivity contribution is 5.93. The first-order chi connectivity index (χ1) is 7.10. The van der Waals surface area contributed by atoms with Gasteiger partial charge in [0.15, 0.2) is 5.82 Å². The second-order valence-corrected chi connectivity index (χ2v) is 2.95. The van der Waals surface area contributed by atoms with Crippen LogP contribution in [0.5, 0.6) is 0 Å². The molecule has 2 N–H and O–H groups in total. The topological polar surface area (TPSA) is 86.3 Å². The molecule has 1 aromatic heterocycles. The molecular formula is C9H13N3O3. The van der Waals surface area contributed by atoms with Crippen LogP contribution in [0.25, 0.3) is 0 Å². The molecule has 0 fully saturated rings. The van der Waals surface area contributed by atoms with Crippen molar-refractivity contribution in [2.24, 2.45) is 0 Å². The van der Waals surface area contributed by atoms with Gasteiger partial charge in [0.05, 0.1) is 0 Å². The number of hydrogen-bond donors (Lipinski definition) is 2. The lowest BCUT2D eigenvalue weighted by Gasteiger charge is -2.20. The van der Waals surface area contributed by atoms with E-state index in [1.165, 1.54) is 0 Å². The molecule has 15 heavy (non-hydrogen) atoms. The second-order valence-electron chi connectivity index (χ2n) is 2.95. The second kappa shape index (κ2) is 4.59. The van der Waals surface area contributed by atoms with E-state index in [4.69, 9.17) is 5.11 Å². The molecule has 0 aliphatic carbocycles. The molecule has 0 amide bonds. The first-order valence-corrected chi connectivity index (χ1v) is 4.68. The summed E-state index contributed by atoms with van der Waals surface area (Å²) in [7, 11) is 0. The van der Waals surface area contributed by atoms with Crippen LogP contribution in [0, 0.1) is 0 Å². The van der Waals surface area contributed by atoms with E-state index in [0.717, 1.165) is 6.07 Å². The van der Waals surface area contributed by atoms with Crippen molar-refractivity contribution in [2.45, 2.75) is 13.8 Å². The summed E-state index contributed by atoms with van der Waals surface area (Å²) in [5.74, 6) is -0.845. The van der Waals surface area contributed by atoms with Gasteiger partial charge < -0.3 is 10.0 Å². The van der Waals surface area contributed by atoms with Crippen molar-refractivity contribution < 1.29 is 9.90 Å². The molecule has 0 bridgehead atoms. The van der Waals surface area contributed by atoms with E-state index in [9.17, 15) is 9.59 Å². The molecule has 0 radical (unpaired) electrons. The van der Waals surface area contributed by atoms with Gasteiger partial charge in [0, 0.05) is 19.2 Å². The maximum atomic E-state index is 10.9. The van der Waals surface area contributed by atoms with Crippen LogP contribution in [-0.2, 0) is 0 Å². The Bertz CT molecular complexity index is 409. The highest BCUT2D eigenvalue weighted by Crippen LogP contribution is 2.13. The van der Waals surface area contributed by atoms with Gasteiger partial charge >= 0.3 is 5.97 Å². The van der Waals surface area contributed by atoms with Crippen molar-refractivity contribution in [1.29, 1.82) is 0 Å². The summed E-state index contributed by atoms with van der Waals surface area (Å²) in [5.41, 5.74) is -0.578. The maximum Gasteiger partial charge on any atom is 0.339 e. The SMILES string of the molecule is CCN(CC)c1n[nH]c(=O)cc1C(=O)O. The summed E-state index contributed by atoms with van der Waals surface area (Å²) in [6.45, 7) is 5.05. The predicted octanol–water partition coefficient (Wildman–Crippen LogP) is 0.314. The minimum Gasteiger partial charge on any atom is -0.478 e. The van der Waals surface area contributed by atoms with Crippen molar-refractivity contribution >= 4 is 11.8 Å². The number of carboxylic acids is 1. The molecular weight excluding hydrogens is 198 g/mol. The summed E-state index contributed by atoms with van der Waals surface area (Å²) in [5, 5.41) is 14.9. The first kappa shape index (κ1) is 11.2. The lowest BCUT2D eigenvalue weighted by Crippen LogP contribution is -2.27. The Hall–Kier alpha value is -1.85. The zero-order chi connectivity index (χ0) is 11.4. The number of hydrogen-bond acceptors (Lipinski definition) is 4. The van der Waals surface area contributed by atoms with Gasteiger partial charge in [-0.2, -0.15) is 5.10 Å². The number of carboxylic acid groups (broad SMARTS) is 1. The standard InChI is InChI=1S/C9H13N3O3/c1-3-12(4-2)8-6(9(14)15)5-7(13)10-11-8/h5H,3-4H2,1-2H3,(H,10,13)(H,14,15). The number of aromatic nitrogens is 2. The number of carbonyl (C=O) groups is 1. The molecule has 0 aromatic carbocycles. The largest absolute Gasteiger partial charge is 0.478 e. The number of nitrogens with one attached hydrogen (secondary N) is 1. The fourth-order valence-electron chi connectivity index (χ4n) is 1.32. The van der Waals surface area contributed by atoms with E-state index < -0.39 is 11.5 Å². The highest BCUT2D eigenvalue weighted by Gasteiger charge is 2.16. The molecule has 0 aliphatic rings. The monoisotopic (exact) mass is 211 g/mol. The van der Waals surface area contributed by atoms with Crippen LogP contribution in [-0.4, -0.2) is 34.4 Å². The van der Waals surface area contributed by atoms with E-state index >= 15 is 0 Å². The fourth-order valence-corrected chi connectivity index (χ4v) is 1.32. The van der Waals surface area contributed by atoms with Crippen LogP contribution in [0.1, 0.15) is 24.2 Å². The lowest BCUT2D eigenvalue weighted by molar-refractivity contribution is 0.0696. The summed E-state index contributed by atoms with van der Waals surface area (Å²) >= 11 is 0. The van der Waals surface area contributed by atoms with Gasteiger partial charge in [-0.1, -0.05) is 0 Å². The van der Waals surface area contributed by atoms with E-state index in [1.807, 2.05) is 13.8 Å². The summed E-state index contributed by atoms with van der Waals surface area (Å²) in [6, 6.07) is 1.04. The molecule has 1 heterocycles. The molecule has 82 valence electrons. The number of aromatic carboxylic acids is 1. The van der Waals surface area contributed by atoms with Gasteiger partial charge in [-0.05, 0) is 13.8 Å². The van der Waals surface area contributed by atoms with E-state index in [1.54, 1.807) is 4.90 Å². The van der Waals surface area contributed by atoms with Crippen molar-refractivity contribution in [3.63, 3.8) is 0 Å². The molecule has 6 nitrogen and oxygen atoms in total. The van der Waals surface area contributed by atoms with Gasteiger partial charge in [-0.25, -0.2) is 9.89 Å². The Morgan fingerprint density at radius 3 is 2.60 bits per heavy atom. The molecule has 0 spiro atoms. The fraction of sp³-hybridized carbons (Fsp3) is 0.444. The summed E-state index contributed by atoms with van der Waals surface area (Å²) < 4.78 is 0. The third kappa shape index (κ3) is 2.34. The third-order valence-electron chi connectivity index (χ3n) is 2.08. The molecule has 1 aromatic rings. The zero-order valence-corrected chi connectivity index (χ0v) is 8.65.